The lowest BCUT2D eigenvalue weighted by Gasteiger charge is -2.14. The van der Waals surface area contributed by atoms with E-state index in [-0.39, 0.29) is 0 Å². The summed E-state index contributed by atoms with van der Waals surface area (Å²) in [6, 6.07) is 0. The largest absolute Gasteiger partial charge is 0.360 e. The monoisotopic (exact) mass is 169 g/mol. The molecular weight excluding hydrogens is 150 g/mol. The molecule has 0 fully saturated rings. The van der Waals surface area contributed by atoms with Gasteiger partial charge in [-0.05, 0) is 13.8 Å². The van der Waals surface area contributed by atoms with Gasteiger partial charge in [-0.1, -0.05) is 13.8 Å². The number of aromatic amines is 1. The molecule has 1 aromatic rings. The van der Waals surface area contributed by atoms with Crippen molar-refractivity contribution in [3.63, 3.8) is 0 Å². The van der Waals surface area contributed by atoms with E-state index >= 15 is 0 Å². The highest BCUT2D eigenvalue weighted by molar-refractivity contribution is 5.43. The fraction of sp³-hybridized carbons (Fsp3) is 0.667. The van der Waals surface area contributed by atoms with Gasteiger partial charge >= 0.3 is 0 Å². The molecule has 0 aliphatic heterocycles. The lowest BCUT2D eigenvalue weighted by atomic mass is 10.3. The minimum atomic E-state index is 1.00. The van der Waals surface area contributed by atoms with Crippen LogP contribution in [0.2, 0.25) is 0 Å². The van der Waals surface area contributed by atoms with Gasteiger partial charge in [-0.3, -0.25) is 5.10 Å². The number of nitrogens with zero attached hydrogens (tertiary/aromatic N) is 2. The number of rotatable bonds is 2. The van der Waals surface area contributed by atoms with Crippen molar-refractivity contribution in [3.8, 4) is 0 Å². The van der Waals surface area contributed by atoms with Crippen molar-refractivity contribution in [2.24, 2.45) is 0 Å². The van der Waals surface area contributed by atoms with E-state index < -0.39 is 0 Å². The van der Waals surface area contributed by atoms with E-state index in [1.165, 1.54) is 5.56 Å². The maximum absolute atomic E-state index is 3.92. The number of hydrogen-bond donors (Lipinski definition) is 1. The van der Waals surface area contributed by atoms with Gasteiger partial charge in [0.2, 0.25) is 0 Å². The van der Waals surface area contributed by atoms with Gasteiger partial charge in [0, 0.05) is 19.2 Å². The third-order valence-electron chi connectivity index (χ3n) is 1.66. The predicted octanol–water partition coefficient (Wildman–Crippen LogP) is 2.20. The summed E-state index contributed by atoms with van der Waals surface area (Å²) >= 11 is 0. The summed E-state index contributed by atoms with van der Waals surface area (Å²) < 4.78 is 0. The molecule has 0 saturated carbocycles. The average Bonchev–Trinajstić information content (AvgIpc) is 2.54. The Kier molecular flexibility index (Phi) is 5.17. The van der Waals surface area contributed by atoms with E-state index in [1.54, 1.807) is 0 Å². The fourth-order valence-electron chi connectivity index (χ4n) is 0.884. The summed E-state index contributed by atoms with van der Waals surface area (Å²) in [6.07, 6.45) is 1.83. The lowest BCUT2D eigenvalue weighted by Crippen LogP contribution is -2.16. The molecule has 0 radical (unpaired) electrons. The SMILES string of the molecule is CC.CCN(C)c1[nH]ncc1C. The molecule has 1 rings (SSSR count). The summed E-state index contributed by atoms with van der Waals surface area (Å²) in [7, 11) is 2.04. The number of H-pyrrole nitrogens is 1. The van der Waals surface area contributed by atoms with Gasteiger partial charge in [0.25, 0.3) is 0 Å². The van der Waals surface area contributed by atoms with Gasteiger partial charge in [0.1, 0.15) is 5.82 Å². The summed E-state index contributed by atoms with van der Waals surface area (Å²) in [5.74, 6) is 1.11. The van der Waals surface area contributed by atoms with Crippen LogP contribution in [0.1, 0.15) is 26.3 Å². The molecule has 1 N–H and O–H groups in total. The molecule has 1 heterocycles. The average molecular weight is 169 g/mol. The van der Waals surface area contributed by atoms with Crippen LogP contribution in [0.15, 0.2) is 6.20 Å². The summed E-state index contributed by atoms with van der Waals surface area (Å²) in [5, 5.41) is 6.86. The van der Waals surface area contributed by atoms with Gasteiger partial charge in [-0.15, -0.1) is 0 Å². The zero-order valence-corrected chi connectivity index (χ0v) is 8.68. The highest BCUT2D eigenvalue weighted by Crippen LogP contribution is 2.12. The third kappa shape index (κ3) is 2.57. The maximum atomic E-state index is 3.92. The predicted molar refractivity (Wildman–Crippen MR) is 53.6 cm³/mol. The summed E-state index contributed by atoms with van der Waals surface area (Å²) in [4.78, 5) is 2.13. The van der Waals surface area contributed by atoms with Crippen LogP contribution in [0, 0.1) is 6.92 Å². The Morgan fingerprint density at radius 2 is 2.08 bits per heavy atom. The summed E-state index contributed by atoms with van der Waals surface area (Å²) in [6.45, 7) is 9.16. The van der Waals surface area contributed by atoms with Crippen LogP contribution in [0.25, 0.3) is 0 Å². The molecule has 0 unspecified atom stereocenters. The Hall–Kier alpha value is -0.990. The minimum absolute atomic E-state index is 1.00. The van der Waals surface area contributed by atoms with Crippen LogP contribution in [0.3, 0.4) is 0 Å². The number of nitrogens with one attached hydrogen (secondary N) is 1. The van der Waals surface area contributed by atoms with Crippen LogP contribution in [-0.4, -0.2) is 23.8 Å². The van der Waals surface area contributed by atoms with E-state index in [0.717, 1.165) is 12.4 Å². The molecule has 0 amide bonds. The molecule has 0 atom stereocenters. The van der Waals surface area contributed by atoms with E-state index in [1.807, 2.05) is 34.0 Å². The molecule has 0 saturated heterocycles. The second-order valence-electron chi connectivity index (χ2n) is 2.42. The van der Waals surface area contributed by atoms with Gasteiger partial charge in [0.15, 0.2) is 0 Å². The first-order chi connectivity index (χ1) is 5.75. The molecule has 0 aromatic carbocycles. The molecule has 0 aliphatic carbocycles. The Balaban J connectivity index is 0.000000561. The van der Waals surface area contributed by atoms with Crippen molar-refractivity contribution in [2.45, 2.75) is 27.7 Å². The first kappa shape index (κ1) is 11.0. The normalized spacial score (nSPS) is 8.75. The van der Waals surface area contributed by atoms with Crippen LogP contribution in [0.4, 0.5) is 5.82 Å². The molecular formula is C9H19N3. The van der Waals surface area contributed by atoms with Crippen LogP contribution in [-0.2, 0) is 0 Å². The topological polar surface area (TPSA) is 31.9 Å². The second kappa shape index (κ2) is 5.63. The molecule has 3 heteroatoms. The number of hydrogen-bond acceptors (Lipinski definition) is 2. The molecule has 3 nitrogen and oxygen atoms in total. The van der Waals surface area contributed by atoms with Crippen molar-refractivity contribution in [2.75, 3.05) is 18.5 Å². The highest BCUT2D eigenvalue weighted by Gasteiger charge is 2.02. The molecule has 0 spiro atoms. The van der Waals surface area contributed by atoms with Gasteiger partial charge in [-0.25, -0.2) is 0 Å². The van der Waals surface area contributed by atoms with E-state index in [9.17, 15) is 0 Å². The highest BCUT2D eigenvalue weighted by atomic mass is 15.2. The van der Waals surface area contributed by atoms with Gasteiger partial charge < -0.3 is 4.90 Å². The molecule has 1 aromatic heterocycles. The Morgan fingerprint density at radius 3 is 2.42 bits per heavy atom. The lowest BCUT2D eigenvalue weighted by molar-refractivity contribution is 0.918. The van der Waals surface area contributed by atoms with E-state index in [4.69, 9.17) is 0 Å². The standard InChI is InChI=1S/C7H13N3.C2H6/c1-4-10(3)7-6(2)5-8-9-7;1-2/h5H,4H2,1-3H3,(H,8,9);1-2H3. The smallest absolute Gasteiger partial charge is 0.126 e. The third-order valence-corrected chi connectivity index (χ3v) is 1.66. The van der Waals surface area contributed by atoms with Crippen molar-refractivity contribution >= 4 is 5.82 Å². The Labute approximate surface area is 74.8 Å². The van der Waals surface area contributed by atoms with Crippen LogP contribution >= 0.6 is 0 Å². The van der Waals surface area contributed by atoms with E-state index in [2.05, 4.69) is 22.0 Å². The van der Waals surface area contributed by atoms with Crippen LogP contribution < -0.4 is 4.90 Å². The van der Waals surface area contributed by atoms with Crippen molar-refractivity contribution < 1.29 is 0 Å². The quantitative estimate of drug-likeness (QED) is 0.736. The summed E-state index contributed by atoms with van der Waals surface area (Å²) in [5.41, 5.74) is 1.20. The maximum Gasteiger partial charge on any atom is 0.126 e. The zero-order chi connectivity index (χ0) is 9.56. The molecule has 70 valence electrons. The van der Waals surface area contributed by atoms with Crippen molar-refractivity contribution in [1.82, 2.24) is 10.2 Å². The van der Waals surface area contributed by atoms with Crippen molar-refractivity contribution in [1.29, 1.82) is 0 Å². The van der Waals surface area contributed by atoms with Crippen LogP contribution in [0.5, 0.6) is 0 Å². The fourth-order valence-corrected chi connectivity index (χ4v) is 0.884. The minimum Gasteiger partial charge on any atom is -0.360 e. The number of aromatic nitrogens is 2. The van der Waals surface area contributed by atoms with E-state index in [0.29, 0.717) is 0 Å². The number of aryl methyl sites for hydroxylation is 1. The second-order valence-corrected chi connectivity index (χ2v) is 2.42. The molecule has 0 aliphatic rings. The first-order valence-electron chi connectivity index (χ1n) is 4.46. The number of anilines is 1. The Morgan fingerprint density at radius 1 is 1.50 bits per heavy atom. The van der Waals surface area contributed by atoms with Crippen molar-refractivity contribution in [3.05, 3.63) is 11.8 Å². The Bertz CT molecular complexity index is 205. The first-order valence-corrected chi connectivity index (χ1v) is 4.46. The molecule has 0 bridgehead atoms. The van der Waals surface area contributed by atoms with Gasteiger partial charge in [0.05, 0.1) is 6.20 Å². The van der Waals surface area contributed by atoms with Gasteiger partial charge in [-0.2, -0.15) is 5.10 Å². The molecule has 12 heavy (non-hydrogen) atoms. The zero-order valence-electron chi connectivity index (χ0n) is 8.68.